The van der Waals surface area contributed by atoms with Gasteiger partial charge in [0.25, 0.3) is 5.91 Å². The first-order chi connectivity index (χ1) is 12.5. The van der Waals surface area contributed by atoms with Gasteiger partial charge in [-0.2, -0.15) is 0 Å². The lowest BCUT2D eigenvalue weighted by atomic mass is 9.74. The van der Waals surface area contributed by atoms with E-state index in [9.17, 15) is 14.7 Å². The maximum atomic E-state index is 12.8. The Bertz CT molecular complexity index is 873. The average Bonchev–Trinajstić information content (AvgIpc) is 2.97. The van der Waals surface area contributed by atoms with Crippen molar-refractivity contribution in [1.82, 2.24) is 4.90 Å². The van der Waals surface area contributed by atoms with Crippen molar-refractivity contribution in [2.45, 2.75) is 32.3 Å². The normalized spacial score (nSPS) is 24.2. The van der Waals surface area contributed by atoms with Crippen molar-refractivity contribution < 1.29 is 14.3 Å². The standard InChI is InChI=1S/C21H23NO4/c1-13-9-16(8-7-14-5-3-2-4-6-14)26-21(25)19(13)20(24)22-11-15-10-18(23)17(15)12-22/h2-6,9,15,17-18,23H,7-8,10-12H2,1H3/t15-,17+,18-/m0/s1. The van der Waals surface area contributed by atoms with E-state index in [-0.39, 0.29) is 23.5 Å². The van der Waals surface area contributed by atoms with Crippen LogP contribution in [0.1, 0.15) is 33.7 Å². The summed E-state index contributed by atoms with van der Waals surface area (Å²) in [6, 6.07) is 11.8. The van der Waals surface area contributed by atoms with Crippen molar-refractivity contribution in [1.29, 1.82) is 0 Å². The Hall–Kier alpha value is -2.40. The molecule has 1 amide bonds. The summed E-state index contributed by atoms with van der Waals surface area (Å²) in [6.45, 7) is 2.93. The molecule has 5 nitrogen and oxygen atoms in total. The molecule has 1 saturated heterocycles. The van der Waals surface area contributed by atoms with Crippen molar-refractivity contribution in [2.75, 3.05) is 13.1 Å². The second-order valence-electron chi connectivity index (χ2n) is 7.48. The van der Waals surface area contributed by atoms with E-state index in [1.807, 2.05) is 30.3 Å². The van der Waals surface area contributed by atoms with Gasteiger partial charge in [0.15, 0.2) is 0 Å². The van der Waals surface area contributed by atoms with Crippen LogP contribution in [0.4, 0.5) is 0 Å². The lowest BCUT2D eigenvalue weighted by molar-refractivity contribution is -0.00427. The Kier molecular flexibility index (Phi) is 4.41. The fraction of sp³-hybridized carbons (Fsp3) is 0.429. The molecule has 2 fully saturated rings. The second-order valence-corrected chi connectivity index (χ2v) is 7.48. The Labute approximate surface area is 152 Å². The molecule has 5 heteroatoms. The number of fused-ring (bicyclic) bond motifs is 1. The van der Waals surface area contributed by atoms with E-state index in [0.717, 1.165) is 12.8 Å². The number of benzene rings is 1. The van der Waals surface area contributed by atoms with Gasteiger partial charge < -0.3 is 14.4 Å². The highest BCUT2D eigenvalue weighted by atomic mass is 16.4. The SMILES string of the molecule is Cc1cc(CCc2ccccc2)oc(=O)c1C(=O)N1C[C@@H]2C[C@H](O)[C@@H]2C1. The van der Waals surface area contributed by atoms with Gasteiger partial charge in [0.05, 0.1) is 6.10 Å². The van der Waals surface area contributed by atoms with Crippen LogP contribution in [-0.2, 0) is 12.8 Å². The number of amides is 1. The number of nitrogens with zero attached hydrogens (tertiary/aromatic N) is 1. The first-order valence-corrected chi connectivity index (χ1v) is 9.18. The molecular formula is C21H23NO4. The molecule has 1 aromatic carbocycles. The molecule has 1 N–H and O–H groups in total. The van der Waals surface area contributed by atoms with Crippen molar-refractivity contribution in [3.8, 4) is 0 Å². The third kappa shape index (κ3) is 3.07. The summed E-state index contributed by atoms with van der Waals surface area (Å²) in [5.41, 5.74) is 1.41. The van der Waals surface area contributed by atoms with E-state index in [4.69, 9.17) is 4.42 Å². The highest BCUT2D eigenvalue weighted by Crippen LogP contribution is 2.41. The topological polar surface area (TPSA) is 70.8 Å². The minimum atomic E-state index is -0.558. The van der Waals surface area contributed by atoms with Gasteiger partial charge in [0, 0.05) is 25.4 Å². The Morgan fingerprint density at radius 3 is 2.65 bits per heavy atom. The molecule has 4 rings (SSSR count). The lowest BCUT2D eigenvalue weighted by Crippen LogP contribution is -2.40. The first kappa shape index (κ1) is 17.0. The van der Waals surface area contributed by atoms with Gasteiger partial charge >= 0.3 is 5.63 Å². The van der Waals surface area contributed by atoms with Crippen LogP contribution in [0.15, 0.2) is 45.6 Å². The van der Waals surface area contributed by atoms with E-state index < -0.39 is 5.63 Å². The minimum Gasteiger partial charge on any atom is -0.427 e. The molecule has 0 spiro atoms. The molecule has 1 saturated carbocycles. The number of aliphatic hydroxyl groups is 1. The molecule has 136 valence electrons. The zero-order valence-electron chi connectivity index (χ0n) is 14.9. The molecule has 2 aromatic rings. The van der Waals surface area contributed by atoms with Crippen LogP contribution in [0.2, 0.25) is 0 Å². The molecule has 0 radical (unpaired) electrons. The predicted molar refractivity (Wildman–Crippen MR) is 97.1 cm³/mol. The maximum Gasteiger partial charge on any atom is 0.349 e. The van der Waals surface area contributed by atoms with Gasteiger partial charge in [-0.3, -0.25) is 4.79 Å². The van der Waals surface area contributed by atoms with E-state index >= 15 is 0 Å². The van der Waals surface area contributed by atoms with Gasteiger partial charge in [-0.1, -0.05) is 30.3 Å². The number of aliphatic hydroxyl groups excluding tert-OH is 1. The van der Waals surface area contributed by atoms with Crippen LogP contribution in [0, 0.1) is 18.8 Å². The molecule has 1 aliphatic carbocycles. The van der Waals surface area contributed by atoms with Gasteiger partial charge in [0.2, 0.25) is 0 Å². The van der Waals surface area contributed by atoms with Crippen LogP contribution in [0.3, 0.4) is 0 Å². The Balaban J connectivity index is 1.49. The zero-order valence-corrected chi connectivity index (χ0v) is 14.9. The van der Waals surface area contributed by atoms with E-state index in [2.05, 4.69) is 0 Å². The second kappa shape index (κ2) is 6.72. The minimum absolute atomic E-state index is 0.129. The number of rotatable bonds is 4. The number of aryl methyl sites for hydroxylation is 3. The molecular weight excluding hydrogens is 330 g/mol. The number of carbonyl (C=O) groups is 1. The number of carbonyl (C=O) groups excluding carboxylic acids is 1. The molecule has 2 heterocycles. The fourth-order valence-electron chi connectivity index (χ4n) is 4.16. The summed E-state index contributed by atoms with van der Waals surface area (Å²) in [6.07, 6.45) is 1.84. The lowest BCUT2D eigenvalue weighted by Gasteiger charge is -2.34. The maximum absolute atomic E-state index is 12.8. The van der Waals surface area contributed by atoms with Crippen LogP contribution >= 0.6 is 0 Å². The number of likely N-dealkylation sites (tertiary alicyclic amines) is 1. The molecule has 2 aliphatic rings. The summed E-state index contributed by atoms with van der Waals surface area (Å²) in [4.78, 5) is 26.9. The zero-order chi connectivity index (χ0) is 18.3. The highest BCUT2D eigenvalue weighted by Gasteiger charge is 2.48. The van der Waals surface area contributed by atoms with Crippen molar-refractivity contribution in [3.05, 3.63) is 69.3 Å². The quantitative estimate of drug-likeness (QED) is 0.915. The van der Waals surface area contributed by atoms with Crippen LogP contribution < -0.4 is 5.63 Å². The number of hydrogen-bond acceptors (Lipinski definition) is 4. The predicted octanol–water partition coefficient (Wildman–Crippen LogP) is 2.19. The van der Waals surface area contributed by atoms with Gasteiger partial charge in [-0.15, -0.1) is 0 Å². The van der Waals surface area contributed by atoms with Gasteiger partial charge in [0.1, 0.15) is 11.3 Å². The summed E-state index contributed by atoms with van der Waals surface area (Å²) in [7, 11) is 0. The van der Waals surface area contributed by atoms with E-state index in [0.29, 0.717) is 36.8 Å². The molecule has 1 aliphatic heterocycles. The molecule has 1 aromatic heterocycles. The smallest absolute Gasteiger partial charge is 0.349 e. The van der Waals surface area contributed by atoms with Crippen molar-refractivity contribution >= 4 is 5.91 Å². The molecule has 26 heavy (non-hydrogen) atoms. The Morgan fingerprint density at radius 2 is 2.00 bits per heavy atom. The average molecular weight is 353 g/mol. The molecule has 3 atom stereocenters. The van der Waals surface area contributed by atoms with Gasteiger partial charge in [-0.25, -0.2) is 4.79 Å². The molecule has 0 unspecified atom stereocenters. The van der Waals surface area contributed by atoms with Crippen LogP contribution in [0.5, 0.6) is 0 Å². The van der Waals surface area contributed by atoms with Gasteiger partial charge in [-0.05, 0) is 42.9 Å². The fourth-order valence-corrected chi connectivity index (χ4v) is 4.16. The summed E-state index contributed by atoms with van der Waals surface area (Å²) in [5, 5.41) is 9.77. The first-order valence-electron chi connectivity index (χ1n) is 9.18. The summed E-state index contributed by atoms with van der Waals surface area (Å²) in [5.74, 6) is 0.861. The highest BCUT2D eigenvalue weighted by molar-refractivity contribution is 5.95. The monoisotopic (exact) mass is 353 g/mol. The van der Waals surface area contributed by atoms with Crippen LogP contribution in [0.25, 0.3) is 0 Å². The third-order valence-electron chi connectivity index (χ3n) is 5.73. The number of hydrogen-bond donors (Lipinski definition) is 1. The van der Waals surface area contributed by atoms with E-state index in [1.54, 1.807) is 17.9 Å². The summed E-state index contributed by atoms with van der Waals surface area (Å²) < 4.78 is 5.43. The van der Waals surface area contributed by atoms with Crippen molar-refractivity contribution in [2.24, 2.45) is 11.8 Å². The molecule has 0 bridgehead atoms. The largest absolute Gasteiger partial charge is 0.427 e. The third-order valence-corrected chi connectivity index (χ3v) is 5.73. The van der Waals surface area contributed by atoms with Crippen LogP contribution in [-0.4, -0.2) is 35.1 Å². The summed E-state index contributed by atoms with van der Waals surface area (Å²) >= 11 is 0. The van der Waals surface area contributed by atoms with Crippen molar-refractivity contribution in [3.63, 3.8) is 0 Å². The Morgan fingerprint density at radius 1 is 1.23 bits per heavy atom. The van der Waals surface area contributed by atoms with E-state index in [1.165, 1.54) is 5.56 Å².